The number of rotatable bonds is 0. The quantitative estimate of drug-likeness (QED) is 0.310. The molecule has 0 bridgehead atoms. The molecule has 0 N–H and O–H groups in total. The van der Waals surface area contributed by atoms with Gasteiger partial charge in [-0.25, -0.2) is 0 Å². The van der Waals surface area contributed by atoms with E-state index in [2.05, 4.69) is 73.3 Å². The van der Waals surface area contributed by atoms with Gasteiger partial charge >= 0.3 is 0 Å². The van der Waals surface area contributed by atoms with Crippen LogP contribution in [0.5, 0.6) is 0 Å². The van der Waals surface area contributed by atoms with Crippen molar-refractivity contribution in [2.45, 2.75) is 20.8 Å². The van der Waals surface area contributed by atoms with E-state index in [4.69, 9.17) is 0 Å². The van der Waals surface area contributed by atoms with Crippen molar-refractivity contribution in [3.05, 3.63) is 67.2 Å². The van der Waals surface area contributed by atoms with Gasteiger partial charge < -0.3 is 0 Å². The molecule has 0 amide bonds. The van der Waals surface area contributed by atoms with Crippen LogP contribution in [-0.4, -0.2) is 0 Å². The first kappa shape index (κ1) is 16.4. The molecule has 0 aliphatic heterocycles. The Kier molecular flexibility index (Phi) is 6.64. The Bertz CT molecular complexity index is 666. The summed E-state index contributed by atoms with van der Waals surface area (Å²) in [5.41, 5.74) is 0. The summed E-state index contributed by atoms with van der Waals surface area (Å²) in [6.07, 6.45) is 0. The molecule has 4 aromatic rings. The van der Waals surface area contributed by atoms with Crippen molar-refractivity contribution < 1.29 is 0 Å². The van der Waals surface area contributed by atoms with Gasteiger partial charge in [-0.1, -0.05) is 12.1 Å². The second-order valence-electron chi connectivity index (χ2n) is 4.45. The first-order valence-corrected chi connectivity index (χ1v) is 10.0. The normalized spacial score (nSPS) is 9.67. The van der Waals surface area contributed by atoms with Gasteiger partial charge in [0.1, 0.15) is 0 Å². The predicted octanol–water partition coefficient (Wildman–Crippen LogP) is 7.38. The average molecular weight is 351 g/mol. The smallest absolute Gasteiger partial charge is 0.0453 e. The fraction of sp³-hybridized carbons (Fsp3) is 0.176. The highest BCUT2D eigenvalue weighted by Crippen LogP contribution is 2.28. The zero-order chi connectivity index (χ0) is 15.1. The largest absolute Gasteiger partial charge is 0.149 e. The van der Waals surface area contributed by atoms with Crippen LogP contribution in [0.25, 0.3) is 9.40 Å². The summed E-state index contributed by atoms with van der Waals surface area (Å²) in [5, 5.41) is 6.30. The number of hydrogen-bond acceptors (Lipinski definition) is 4. The Balaban J connectivity index is 0.000000120. The van der Waals surface area contributed by atoms with Crippen molar-refractivity contribution >= 4 is 54.7 Å². The van der Waals surface area contributed by atoms with Gasteiger partial charge in [-0.3, -0.25) is 0 Å². The zero-order valence-electron chi connectivity index (χ0n) is 12.3. The molecule has 0 spiro atoms. The van der Waals surface area contributed by atoms with E-state index >= 15 is 0 Å². The van der Waals surface area contributed by atoms with Crippen LogP contribution in [0.15, 0.2) is 52.5 Å². The predicted molar refractivity (Wildman–Crippen MR) is 103 cm³/mol. The summed E-state index contributed by atoms with van der Waals surface area (Å²) in [4.78, 5) is 4.18. The molecule has 0 radical (unpaired) electrons. The first-order valence-electron chi connectivity index (χ1n) is 6.59. The van der Waals surface area contributed by atoms with E-state index in [0.29, 0.717) is 0 Å². The number of aryl methyl sites for hydroxylation is 3. The monoisotopic (exact) mass is 350 g/mol. The Hall–Kier alpha value is -0.940. The lowest BCUT2D eigenvalue weighted by molar-refractivity contribution is 1.64. The topological polar surface area (TPSA) is 0 Å². The minimum atomic E-state index is 1.38. The van der Waals surface area contributed by atoms with Gasteiger partial charge in [0.25, 0.3) is 0 Å². The summed E-state index contributed by atoms with van der Waals surface area (Å²) >= 11 is 7.24. The Morgan fingerprint density at radius 2 is 1.24 bits per heavy atom. The summed E-state index contributed by atoms with van der Waals surface area (Å²) in [7, 11) is 0. The highest BCUT2D eigenvalue weighted by atomic mass is 32.1. The van der Waals surface area contributed by atoms with E-state index in [9.17, 15) is 0 Å². The van der Waals surface area contributed by atoms with Crippen LogP contribution in [-0.2, 0) is 0 Å². The van der Waals surface area contributed by atoms with Gasteiger partial charge in [0, 0.05) is 24.0 Å². The fourth-order valence-electron chi connectivity index (χ4n) is 1.61. The summed E-state index contributed by atoms with van der Waals surface area (Å²) in [6.45, 7) is 6.35. The standard InChI is InChI=1S/C7H6S2.2C5H6S/c1-5-4-7-6(9-5)2-3-8-7;2*1-5-3-2-4-6-5/h2-4H,1H3;2*2-4H,1H3. The van der Waals surface area contributed by atoms with Gasteiger partial charge in [0.2, 0.25) is 0 Å². The van der Waals surface area contributed by atoms with E-state index in [-0.39, 0.29) is 0 Å². The highest BCUT2D eigenvalue weighted by molar-refractivity contribution is 7.26. The molecule has 4 rings (SSSR count). The zero-order valence-corrected chi connectivity index (χ0v) is 15.6. The molecule has 0 atom stereocenters. The number of fused-ring (bicyclic) bond motifs is 1. The van der Waals surface area contributed by atoms with Crippen LogP contribution in [0.2, 0.25) is 0 Å². The van der Waals surface area contributed by atoms with Gasteiger partial charge in [0.05, 0.1) is 0 Å². The fourth-order valence-corrected chi connectivity index (χ4v) is 4.69. The third-order valence-corrected chi connectivity index (χ3v) is 6.20. The van der Waals surface area contributed by atoms with E-state index < -0.39 is 0 Å². The highest BCUT2D eigenvalue weighted by Gasteiger charge is 1.96. The molecule has 0 fully saturated rings. The maximum atomic E-state index is 2.24. The molecular formula is C17H18S4. The minimum absolute atomic E-state index is 1.38. The van der Waals surface area contributed by atoms with E-state index in [1.165, 1.54) is 24.0 Å². The van der Waals surface area contributed by atoms with Gasteiger partial charge in [0.15, 0.2) is 0 Å². The Labute approximate surface area is 142 Å². The van der Waals surface area contributed by atoms with E-state index in [1.54, 1.807) is 22.7 Å². The Morgan fingerprint density at radius 3 is 1.62 bits per heavy atom. The molecule has 0 aliphatic carbocycles. The van der Waals surface area contributed by atoms with Crippen LogP contribution >= 0.6 is 45.3 Å². The van der Waals surface area contributed by atoms with E-state index in [0.717, 1.165) is 0 Å². The second kappa shape index (κ2) is 8.49. The molecule has 110 valence electrons. The lowest BCUT2D eigenvalue weighted by Gasteiger charge is -1.69. The number of thiophene rings is 4. The molecule has 0 saturated heterocycles. The summed E-state index contributed by atoms with van der Waals surface area (Å²) in [6, 6.07) is 12.7. The van der Waals surface area contributed by atoms with Crippen molar-refractivity contribution in [3.8, 4) is 0 Å². The minimum Gasteiger partial charge on any atom is -0.149 e. The lowest BCUT2D eigenvalue weighted by atomic mass is 10.5. The van der Waals surface area contributed by atoms with Crippen molar-refractivity contribution in [1.29, 1.82) is 0 Å². The summed E-state index contributed by atoms with van der Waals surface area (Å²) in [5.74, 6) is 0. The maximum absolute atomic E-state index is 2.24. The van der Waals surface area contributed by atoms with Gasteiger partial charge in [-0.05, 0) is 61.2 Å². The first-order chi connectivity index (χ1) is 10.1. The van der Waals surface area contributed by atoms with E-state index in [1.807, 2.05) is 22.7 Å². The third-order valence-electron chi connectivity index (χ3n) is 2.59. The molecule has 4 heteroatoms. The molecule has 0 unspecified atom stereocenters. The van der Waals surface area contributed by atoms with Crippen LogP contribution < -0.4 is 0 Å². The van der Waals surface area contributed by atoms with Crippen LogP contribution in [0.4, 0.5) is 0 Å². The van der Waals surface area contributed by atoms with Gasteiger partial charge in [-0.2, -0.15) is 0 Å². The van der Waals surface area contributed by atoms with Crippen molar-refractivity contribution in [2.24, 2.45) is 0 Å². The third kappa shape index (κ3) is 5.75. The SMILES string of the molecule is Cc1cc2sccc2s1.Cc1cccs1.Cc1cccs1. The van der Waals surface area contributed by atoms with Crippen molar-refractivity contribution in [1.82, 2.24) is 0 Å². The van der Waals surface area contributed by atoms with Gasteiger partial charge in [-0.15, -0.1) is 45.3 Å². The Morgan fingerprint density at radius 1 is 0.619 bits per heavy atom. The summed E-state index contributed by atoms with van der Waals surface area (Å²) < 4.78 is 2.86. The maximum Gasteiger partial charge on any atom is 0.0453 e. The van der Waals surface area contributed by atoms with Crippen LogP contribution in [0.1, 0.15) is 14.6 Å². The van der Waals surface area contributed by atoms with Crippen LogP contribution in [0.3, 0.4) is 0 Å². The van der Waals surface area contributed by atoms with Crippen molar-refractivity contribution in [2.75, 3.05) is 0 Å². The van der Waals surface area contributed by atoms with Crippen LogP contribution in [0, 0.1) is 20.8 Å². The molecule has 0 nitrogen and oxygen atoms in total. The molecule has 4 heterocycles. The molecule has 21 heavy (non-hydrogen) atoms. The molecule has 0 aliphatic rings. The molecular weight excluding hydrogens is 332 g/mol. The number of hydrogen-bond donors (Lipinski definition) is 0. The molecule has 0 aromatic carbocycles. The molecule has 0 saturated carbocycles. The second-order valence-corrected chi connectivity index (χ2v) is 8.99. The average Bonchev–Trinajstić information content (AvgIpc) is 3.17. The molecule has 4 aromatic heterocycles. The lowest BCUT2D eigenvalue weighted by Crippen LogP contribution is -1.45. The van der Waals surface area contributed by atoms with Crippen molar-refractivity contribution in [3.63, 3.8) is 0 Å².